The Morgan fingerprint density at radius 2 is 1.75 bits per heavy atom. The van der Waals surface area contributed by atoms with Gasteiger partial charge in [-0.1, -0.05) is 0 Å². The number of fused-ring (bicyclic) bond motifs is 1. The molecule has 0 spiro atoms. The third-order valence-corrected chi connectivity index (χ3v) is 4.12. The van der Waals surface area contributed by atoms with Gasteiger partial charge in [-0.25, -0.2) is 0 Å². The van der Waals surface area contributed by atoms with Crippen LogP contribution in [0.3, 0.4) is 0 Å². The van der Waals surface area contributed by atoms with E-state index < -0.39 is 0 Å². The van der Waals surface area contributed by atoms with Crippen LogP contribution in [0.15, 0.2) is 42.5 Å². The third kappa shape index (κ3) is 2.71. The van der Waals surface area contributed by atoms with E-state index in [1.54, 1.807) is 36.3 Å². The first kappa shape index (κ1) is 14.7. The van der Waals surface area contributed by atoms with Gasteiger partial charge in [0.1, 0.15) is 17.6 Å². The maximum atomic E-state index is 12.4. The smallest absolute Gasteiger partial charge is 0.254 e. The second kappa shape index (κ2) is 5.96. The molecule has 124 valence electrons. The summed E-state index contributed by atoms with van der Waals surface area (Å²) >= 11 is 0. The quantitative estimate of drug-likeness (QED) is 0.863. The summed E-state index contributed by atoms with van der Waals surface area (Å²) < 4.78 is 21.6. The van der Waals surface area contributed by atoms with Crippen LogP contribution in [-0.4, -0.2) is 43.9 Å². The lowest BCUT2D eigenvalue weighted by atomic mass is 10.1. The summed E-state index contributed by atoms with van der Waals surface area (Å²) in [5.74, 6) is 2.88. The second-order valence-corrected chi connectivity index (χ2v) is 5.69. The minimum absolute atomic E-state index is 0.00295. The van der Waals surface area contributed by atoms with Gasteiger partial charge in [0.05, 0.1) is 20.2 Å². The first-order valence-electron chi connectivity index (χ1n) is 7.72. The van der Waals surface area contributed by atoms with Crippen molar-refractivity contribution >= 4 is 5.91 Å². The molecule has 2 aromatic carbocycles. The van der Waals surface area contributed by atoms with E-state index in [0.29, 0.717) is 24.4 Å². The Morgan fingerprint density at radius 3 is 2.50 bits per heavy atom. The molecule has 6 nitrogen and oxygen atoms in total. The number of hydrogen-bond acceptors (Lipinski definition) is 5. The average Bonchev–Trinajstić information content (AvgIpc) is 3.05. The topological polar surface area (TPSA) is 57.2 Å². The van der Waals surface area contributed by atoms with Gasteiger partial charge in [0.25, 0.3) is 5.91 Å². The van der Waals surface area contributed by atoms with Gasteiger partial charge in [-0.05, 0) is 36.4 Å². The number of ether oxygens (including phenoxy) is 4. The van der Waals surface area contributed by atoms with Crippen LogP contribution in [0.25, 0.3) is 0 Å². The number of amides is 1. The summed E-state index contributed by atoms with van der Waals surface area (Å²) in [6, 6.07) is 12.6. The first-order valence-corrected chi connectivity index (χ1v) is 7.72. The van der Waals surface area contributed by atoms with Crippen molar-refractivity contribution in [1.82, 2.24) is 4.90 Å². The molecular weight excluding hydrogens is 310 g/mol. The molecule has 4 rings (SSSR count). The standard InChI is InChI=1S/C18H17NO5/c1-21-13-4-2-12(3-5-13)18(20)19-9-15(10-19)24-14-6-7-16-17(8-14)23-11-22-16/h2-8,15H,9-11H2,1H3. The Balaban J connectivity index is 1.33. The summed E-state index contributed by atoms with van der Waals surface area (Å²) in [5.41, 5.74) is 0.650. The summed E-state index contributed by atoms with van der Waals surface area (Å²) in [6.45, 7) is 1.38. The SMILES string of the molecule is COc1ccc(C(=O)N2CC(Oc3ccc4c(c3)OCO4)C2)cc1. The average molecular weight is 327 g/mol. The summed E-state index contributed by atoms with van der Waals surface area (Å²) in [7, 11) is 1.60. The van der Waals surface area contributed by atoms with E-state index in [1.165, 1.54) is 0 Å². The highest BCUT2D eigenvalue weighted by molar-refractivity contribution is 5.94. The van der Waals surface area contributed by atoms with Gasteiger partial charge in [-0.15, -0.1) is 0 Å². The lowest BCUT2D eigenvalue weighted by Gasteiger charge is -2.39. The zero-order valence-electron chi connectivity index (χ0n) is 13.2. The van der Waals surface area contributed by atoms with Crippen molar-refractivity contribution in [2.75, 3.05) is 27.0 Å². The van der Waals surface area contributed by atoms with Crippen molar-refractivity contribution in [2.24, 2.45) is 0 Å². The summed E-state index contributed by atoms with van der Waals surface area (Å²) in [4.78, 5) is 14.1. The Morgan fingerprint density at radius 1 is 1.04 bits per heavy atom. The zero-order chi connectivity index (χ0) is 16.5. The van der Waals surface area contributed by atoms with Crippen molar-refractivity contribution in [3.8, 4) is 23.0 Å². The van der Waals surface area contributed by atoms with Crippen molar-refractivity contribution in [3.63, 3.8) is 0 Å². The van der Waals surface area contributed by atoms with E-state index in [0.717, 1.165) is 17.2 Å². The molecule has 0 unspecified atom stereocenters. The number of carbonyl (C=O) groups excluding carboxylic acids is 1. The molecular formula is C18H17NO5. The lowest BCUT2D eigenvalue weighted by molar-refractivity contribution is 0.0177. The molecule has 0 N–H and O–H groups in total. The molecule has 1 amide bonds. The largest absolute Gasteiger partial charge is 0.497 e. The van der Waals surface area contributed by atoms with E-state index in [4.69, 9.17) is 18.9 Å². The number of rotatable bonds is 4. The normalized spacial score (nSPS) is 15.8. The monoisotopic (exact) mass is 327 g/mol. The Hall–Kier alpha value is -2.89. The van der Waals surface area contributed by atoms with Gasteiger partial charge in [-0.2, -0.15) is 0 Å². The molecule has 0 aliphatic carbocycles. The highest BCUT2D eigenvalue weighted by atomic mass is 16.7. The lowest BCUT2D eigenvalue weighted by Crippen LogP contribution is -2.56. The minimum atomic E-state index is -0.00688. The second-order valence-electron chi connectivity index (χ2n) is 5.69. The summed E-state index contributed by atoms with van der Waals surface area (Å²) in [6.07, 6.45) is -0.00688. The number of methoxy groups -OCH3 is 1. The molecule has 2 aliphatic heterocycles. The van der Waals surface area contributed by atoms with Crippen LogP contribution in [0, 0.1) is 0 Å². The van der Waals surface area contributed by atoms with Crippen LogP contribution < -0.4 is 18.9 Å². The van der Waals surface area contributed by atoms with Gasteiger partial charge >= 0.3 is 0 Å². The number of likely N-dealkylation sites (tertiary alicyclic amines) is 1. The summed E-state index contributed by atoms with van der Waals surface area (Å²) in [5, 5.41) is 0. The van der Waals surface area contributed by atoms with Gasteiger partial charge in [0.15, 0.2) is 11.5 Å². The van der Waals surface area contributed by atoms with Crippen molar-refractivity contribution in [1.29, 1.82) is 0 Å². The maximum absolute atomic E-state index is 12.4. The molecule has 0 saturated carbocycles. The number of carbonyl (C=O) groups is 1. The number of benzene rings is 2. The third-order valence-electron chi connectivity index (χ3n) is 4.12. The van der Waals surface area contributed by atoms with E-state index in [1.807, 2.05) is 18.2 Å². The highest BCUT2D eigenvalue weighted by Crippen LogP contribution is 2.35. The molecule has 1 saturated heterocycles. The van der Waals surface area contributed by atoms with Gasteiger partial charge < -0.3 is 23.8 Å². The number of hydrogen-bond donors (Lipinski definition) is 0. The fourth-order valence-electron chi connectivity index (χ4n) is 2.74. The molecule has 0 radical (unpaired) electrons. The van der Waals surface area contributed by atoms with Crippen molar-refractivity contribution in [2.45, 2.75) is 6.10 Å². The Labute approximate surface area is 139 Å². The van der Waals surface area contributed by atoms with Crippen LogP contribution in [-0.2, 0) is 0 Å². The van der Waals surface area contributed by atoms with Gasteiger partial charge in [0.2, 0.25) is 6.79 Å². The molecule has 0 aromatic heterocycles. The van der Waals surface area contributed by atoms with Crippen molar-refractivity contribution in [3.05, 3.63) is 48.0 Å². The predicted molar refractivity (Wildman–Crippen MR) is 85.9 cm³/mol. The maximum Gasteiger partial charge on any atom is 0.254 e. The van der Waals surface area contributed by atoms with Crippen LogP contribution in [0.2, 0.25) is 0 Å². The van der Waals surface area contributed by atoms with E-state index >= 15 is 0 Å². The van der Waals surface area contributed by atoms with Crippen LogP contribution in [0.4, 0.5) is 0 Å². The number of nitrogens with zero attached hydrogens (tertiary/aromatic N) is 1. The predicted octanol–water partition coefficient (Wildman–Crippen LogP) is 2.33. The molecule has 2 aliphatic rings. The molecule has 1 fully saturated rings. The first-order chi connectivity index (χ1) is 11.7. The minimum Gasteiger partial charge on any atom is -0.497 e. The zero-order valence-corrected chi connectivity index (χ0v) is 13.2. The highest BCUT2D eigenvalue weighted by Gasteiger charge is 2.33. The van der Waals surface area contributed by atoms with Crippen LogP contribution in [0.5, 0.6) is 23.0 Å². The fraction of sp³-hybridized carbons (Fsp3) is 0.278. The van der Waals surface area contributed by atoms with Crippen LogP contribution >= 0.6 is 0 Å². The molecule has 2 heterocycles. The molecule has 6 heteroatoms. The van der Waals surface area contributed by atoms with E-state index in [-0.39, 0.29) is 18.8 Å². The molecule has 0 bridgehead atoms. The van der Waals surface area contributed by atoms with Gasteiger partial charge in [0, 0.05) is 11.6 Å². The van der Waals surface area contributed by atoms with E-state index in [2.05, 4.69) is 0 Å². The van der Waals surface area contributed by atoms with E-state index in [9.17, 15) is 4.79 Å². The Bertz CT molecular complexity index is 753. The van der Waals surface area contributed by atoms with Crippen LogP contribution in [0.1, 0.15) is 10.4 Å². The fourth-order valence-corrected chi connectivity index (χ4v) is 2.74. The molecule has 24 heavy (non-hydrogen) atoms. The Kier molecular flexibility index (Phi) is 3.65. The van der Waals surface area contributed by atoms with Gasteiger partial charge in [-0.3, -0.25) is 4.79 Å². The molecule has 0 atom stereocenters. The van der Waals surface area contributed by atoms with Crippen molar-refractivity contribution < 1.29 is 23.7 Å². The molecule has 2 aromatic rings.